The van der Waals surface area contributed by atoms with Gasteiger partial charge < -0.3 is 16.2 Å². The van der Waals surface area contributed by atoms with E-state index in [1.165, 1.54) is 13.3 Å². The minimum Gasteiger partial charge on any atom is -0.425 e. The minimum atomic E-state index is -0.326. The Bertz CT molecular complexity index is 1480. The van der Waals surface area contributed by atoms with Crippen LogP contribution in [0.1, 0.15) is 37.2 Å². The smallest absolute Gasteiger partial charge is 0.267 e. The van der Waals surface area contributed by atoms with E-state index < -0.39 is 0 Å². The fourth-order valence-electron chi connectivity index (χ4n) is 3.54. The Hall–Kier alpha value is -4.31. The van der Waals surface area contributed by atoms with Crippen molar-refractivity contribution in [3.8, 4) is 5.69 Å². The standard InChI is InChI=1S/C18H17ClN2O.C7H10N6O/c1-3-7-16-20-14-10-6-9-13(19)17(14)18(22)21(16)15-11-5-4-8-12(15)2;1-3(8)14-7(11)4-5(9)12-2-13-6(4)10/h4-6,8-11H,3,7H2,1-2H3;2,8,11H,1H3,(H4,9,10,12,13). The van der Waals surface area contributed by atoms with Crippen LogP contribution in [0.4, 0.5) is 11.6 Å². The van der Waals surface area contributed by atoms with E-state index in [1.807, 2.05) is 43.3 Å². The second-order valence-electron chi connectivity index (χ2n) is 7.85. The second-order valence-corrected chi connectivity index (χ2v) is 8.25. The molecule has 0 fully saturated rings. The summed E-state index contributed by atoms with van der Waals surface area (Å²) in [6, 6.07) is 13.2. The van der Waals surface area contributed by atoms with Crippen LogP contribution in [0.5, 0.6) is 0 Å². The van der Waals surface area contributed by atoms with Crippen LogP contribution in [0.3, 0.4) is 0 Å². The van der Waals surface area contributed by atoms with Gasteiger partial charge >= 0.3 is 0 Å². The van der Waals surface area contributed by atoms with Crippen molar-refractivity contribution in [3.05, 3.63) is 81.1 Å². The number of hydrogen-bond acceptors (Lipinski definition) is 9. The predicted octanol–water partition coefficient (Wildman–Crippen LogP) is 4.28. The summed E-state index contributed by atoms with van der Waals surface area (Å²) in [5.74, 6) is 0.440. The summed E-state index contributed by atoms with van der Waals surface area (Å²) >= 11 is 6.24. The molecule has 0 unspecified atom stereocenters. The molecule has 11 heteroatoms. The molecule has 0 radical (unpaired) electrons. The van der Waals surface area contributed by atoms with Gasteiger partial charge in [0.1, 0.15) is 29.4 Å². The Morgan fingerprint density at radius 2 is 1.75 bits per heavy atom. The Morgan fingerprint density at radius 1 is 1.08 bits per heavy atom. The lowest BCUT2D eigenvalue weighted by molar-refractivity contribution is 0.532. The molecule has 6 N–H and O–H groups in total. The van der Waals surface area contributed by atoms with Gasteiger partial charge in [0.05, 0.1) is 21.6 Å². The average molecular weight is 507 g/mol. The molecule has 0 amide bonds. The molecule has 0 bridgehead atoms. The van der Waals surface area contributed by atoms with Crippen molar-refractivity contribution in [1.82, 2.24) is 19.5 Å². The van der Waals surface area contributed by atoms with Crippen molar-refractivity contribution in [3.63, 3.8) is 0 Å². The van der Waals surface area contributed by atoms with Crippen molar-refractivity contribution in [2.75, 3.05) is 11.5 Å². The summed E-state index contributed by atoms with van der Waals surface area (Å²) in [5.41, 5.74) is 13.5. The third-order valence-corrected chi connectivity index (χ3v) is 5.45. The average Bonchev–Trinajstić information content (AvgIpc) is 2.80. The Labute approximate surface area is 213 Å². The van der Waals surface area contributed by atoms with Crippen LogP contribution in [-0.2, 0) is 11.2 Å². The van der Waals surface area contributed by atoms with E-state index in [-0.39, 0.29) is 34.6 Å². The maximum Gasteiger partial charge on any atom is 0.267 e. The number of benzene rings is 2. The molecule has 0 atom stereocenters. The molecule has 0 saturated heterocycles. The number of ether oxygens (including phenoxy) is 1. The van der Waals surface area contributed by atoms with Gasteiger partial charge in [-0.2, -0.15) is 0 Å². The molecule has 2 aromatic heterocycles. The van der Waals surface area contributed by atoms with Gasteiger partial charge in [-0.1, -0.05) is 42.8 Å². The molecule has 0 aliphatic heterocycles. The van der Waals surface area contributed by atoms with Gasteiger partial charge in [0.2, 0.25) is 5.90 Å². The summed E-state index contributed by atoms with van der Waals surface area (Å²) < 4.78 is 6.43. The van der Waals surface area contributed by atoms with Crippen LogP contribution in [0, 0.1) is 17.7 Å². The van der Waals surface area contributed by atoms with Gasteiger partial charge in [-0.05, 0) is 37.1 Å². The highest BCUT2D eigenvalue weighted by Crippen LogP contribution is 2.22. The number of aromatic nitrogens is 4. The topological polar surface area (TPSA) is 170 Å². The number of anilines is 2. The number of aryl methyl sites for hydroxylation is 2. The molecule has 186 valence electrons. The second kappa shape index (κ2) is 11.4. The van der Waals surface area contributed by atoms with E-state index in [2.05, 4.69) is 21.9 Å². The van der Waals surface area contributed by atoms with Crippen molar-refractivity contribution in [1.29, 1.82) is 10.8 Å². The first-order chi connectivity index (χ1) is 17.1. The fraction of sp³-hybridized carbons (Fsp3) is 0.200. The van der Waals surface area contributed by atoms with E-state index in [0.717, 1.165) is 29.9 Å². The van der Waals surface area contributed by atoms with Gasteiger partial charge in [0, 0.05) is 13.3 Å². The van der Waals surface area contributed by atoms with Crippen molar-refractivity contribution in [2.45, 2.75) is 33.6 Å². The van der Waals surface area contributed by atoms with Crippen molar-refractivity contribution in [2.24, 2.45) is 0 Å². The lowest BCUT2D eigenvalue weighted by Gasteiger charge is -2.15. The number of nitrogens with two attached hydrogens (primary N) is 2. The first-order valence-corrected chi connectivity index (χ1v) is 11.5. The van der Waals surface area contributed by atoms with E-state index in [4.69, 9.17) is 38.6 Å². The lowest BCUT2D eigenvalue weighted by Crippen LogP contribution is -2.24. The number of rotatable bonds is 4. The number of halogens is 1. The summed E-state index contributed by atoms with van der Waals surface area (Å²) in [6.07, 6.45) is 2.86. The molecule has 0 saturated carbocycles. The van der Waals surface area contributed by atoms with E-state index >= 15 is 0 Å². The zero-order chi connectivity index (χ0) is 26.4. The highest BCUT2D eigenvalue weighted by Gasteiger charge is 2.16. The largest absolute Gasteiger partial charge is 0.425 e. The van der Waals surface area contributed by atoms with E-state index in [0.29, 0.717) is 15.9 Å². The van der Waals surface area contributed by atoms with Crippen molar-refractivity contribution < 1.29 is 4.74 Å². The molecule has 4 rings (SSSR count). The van der Waals surface area contributed by atoms with Crippen LogP contribution in [0.15, 0.2) is 53.6 Å². The fourth-order valence-corrected chi connectivity index (χ4v) is 3.79. The normalized spacial score (nSPS) is 10.4. The quantitative estimate of drug-likeness (QED) is 0.236. The monoisotopic (exact) mass is 506 g/mol. The van der Waals surface area contributed by atoms with Gasteiger partial charge in [-0.15, -0.1) is 0 Å². The van der Waals surface area contributed by atoms with Crippen LogP contribution < -0.4 is 17.0 Å². The number of para-hydroxylation sites is 1. The number of nitrogen functional groups attached to an aromatic ring is 2. The number of nitrogens with one attached hydrogen (secondary N) is 2. The molecule has 0 spiro atoms. The SMILES string of the molecule is CC(=N)OC(=N)c1c(N)ncnc1N.CCCc1nc2cccc(Cl)c2c(=O)n1-c1ccccc1C. The van der Waals surface area contributed by atoms with Gasteiger partial charge in [0.25, 0.3) is 5.56 Å². The molecule has 2 aromatic carbocycles. The highest BCUT2D eigenvalue weighted by atomic mass is 35.5. The zero-order valence-corrected chi connectivity index (χ0v) is 20.9. The first-order valence-electron chi connectivity index (χ1n) is 11.1. The van der Waals surface area contributed by atoms with Gasteiger partial charge in [-0.3, -0.25) is 20.2 Å². The van der Waals surface area contributed by atoms with E-state index in [1.54, 1.807) is 10.6 Å². The number of fused-ring (bicyclic) bond motifs is 1. The summed E-state index contributed by atoms with van der Waals surface area (Å²) in [6.45, 7) is 5.47. The predicted molar refractivity (Wildman–Crippen MR) is 143 cm³/mol. The third-order valence-electron chi connectivity index (χ3n) is 5.13. The van der Waals surface area contributed by atoms with Gasteiger partial charge in [-0.25, -0.2) is 15.0 Å². The molecule has 10 nitrogen and oxygen atoms in total. The molecule has 0 aliphatic rings. The third kappa shape index (κ3) is 5.66. The molecule has 4 aromatic rings. The summed E-state index contributed by atoms with van der Waals surface area (Å²) in [5, 5.41) is 15.4. The first kappa shape index (κ1) is 26.3. The molecule has 2 heterocycles. The number of hydrogen-bond donors (Lipinski definition) is 4. The summed E-state index contributed by atoms with van der Waals surface area (Å²) in [4.78, 5) is 25.0. The minimum absolute atomic E-state index is 0.0590. The van der Waals surface area contributed by atoms with Gasteiger partial charge in [0.15, 0.2) is 5.90 Å². The Kier molecular flexibility index (Phi) is 8.34. The molecule has 0 aliphatic carbocycles. The lowest BCUT2D eigenvalue weighted by atomic mass is 10.1. The molecular formula is C25H27ClN8O2. The highest BCUT2D eigenvalue weighted by molar-refractivity contribution is 6.35. The van der Waals surface area contributed by atoms with Crippen LogP contribution in [0.2, 0.25) is 5.02 Å². The van der Waals surface area contributed by atoms with Crippen molar-refractivity contribution >= 4 is 45.9 Å². The van der Waals surface area contributed by atoms with Crippen LogP contribution >= 0.6 is 11.6 Å². The maximum atomic E-state index is 13.0. The summed E-state index contributed by atoms with van der Waals surface area (Å²) in [7, 11) is 0. The Morgan fingerprint density at radius 3 is 2.36 bits per heavy atom. The number of nitrogens with zero attached hydrogens (tertiary/aromatic N) is 4. The Balaban J connectivity index is 0.000000223. The van der Waals surface area contributed by atoms with Crippen LogP contribution in [0.25, 0.3) is 16.6 Å². The van der Waals surface area contributed by atoms with E-state index in [9.17, 15) is 4.79 Å². The van der Waals surface area contributed by atoms with Crippen LogP contribution in [-0.4, -0.2) is 31.3 Å². The zero-order valence-electron chi connectivity index (χ0n) is 20.2. The molecular weight excluding hydrogens is 480 g/mol. The maximum absolute atomic E-state index is 13.0. The molecule has 36 heavy (non-hydrogen) atoms.